The summed E-state index contributed by atoms with van der Waals surface area (Å²) in [4.78, 5) is 8.65. The molecular weight excluding hydrogens is 480 g/mol. The van der Waals surface area contributed by atoms with Crippen molar-refractivity contribution in [2.24, 2.45) is 7.05 Å². The van der Waals surface area contributed by atoms with Gasteiger partial charge in [-0.2, -0.15) is 5.10 Å². The lowest BCUT2D eigenvalue weighted by Gasteiger charge is -2.27. The molecule has 4 heterocycles. The molecular formula is C24H30N8O3S. The molecule has 0 saturated carbocycles. The summed E-state index contributed by atoms with van der Waals surface area (Å²) in [5, 5.41) is 13.4. The lowest BCUT2D eigenvalue weighted by Crippen LogP contribution is -2.32. The molecule has 1 saturated heterocycles. The van der Waals surface area contributed by atoms with Crippen LogP contribution in [0.4, 0.5) is 5.95 Å². The van der Waals surface area contributed by atoms with Crippen LogP contribution in [0.3, 0.4) is 0 Å². The van der Waals surface area contributed by atoms with Gasteiger partial charge in [-0.25, -0.2) is 18.4 Å². The standard InChI is InChI=1S/C24H30N8O3S/c1-15-12-25-22(26-13-15)16(2)17(3)36(33,34)30-24-28-27-23(32(24)18-8-10-35-11-9-18)19-6-5-7-21-20(19)14-31(4)29-21/h5-7,12-14,16-18H,8-11H2,1-4H3,(H,28,30)/t16-,17-/m0/s1. The zero-order valence-electron chi connectivity index (χ0n) is 20.8. The number of nitrogens with zero attached hydrogens (tertiary/aromatic N) is 7. The zero-order chi connectivity index (χ0) is 25.4. The Balaban J connectivity index is 1.53. The minimum absolute atomic E-state index is 0.0125. The fraction of sp³-hybridized carbons (Fsp3) is 0.458. The molecule has 1 fully saturated rings. The first kappa shape index (κ1) is 24.3. The van der Waals surface area contributed by atoms with E-state index in [0.717, 1.165) is 34.9 Å². The van der Waals surface area contributed by atoms with Crippen LogP contribution in [0.15, 0.2) is 36.8 Å². The molecule has 12 heteroatoms. The molecule has 1 aliphatic rings. The molecule has 0 bridgehead atoms. The molecule has 1 aromatic carbocycles. The second kappa shape index (κ2) is 9.58. The third-order valence-corrected chi connectivity index (χ3v) is 8.65. The predicted octanol–water partition coefficient (Wildman–Crippen LogP) is 3.22. The van der Waals surface area contributed by atoms with E-state index in [1.54, 1.807) is 24.0 Å². The monoisotopic (exact) mass is 510 g/mol. The van der Waals surface area contributed by atoms with Crippen molar-refractivity contribution < 1.29 is 13.2 Å². The predicted molar refractivity (Wildman–Crippen MR) is 136 cm³/mol. The van der Waals surface area contributed by atoms with Gasteiger partial charge in [-0.05, 0) is 38.3 Å². The summed E-state index contributed by atoms with van der Waals surface area (Å²) in [6.45, 7) is 6.53. The maximum Gasteiger partial charge on any atom is 0.238 e. The summed E-state index contributed by atoms with van der Waals surface area (Å²) in [5.41, 5.74) is 2.60. The smallest absolute Gasteiger partial charge is 0.238 e. The zero-order valence-corrected chi connectivity index (χ0v) is 21.6. The van der Waals surface area contributed by atoms with Gasteiger partial charge in [-0.15, -0.1) is 10.2 Å². The second-order valence-electron chi connectivity index (χ2n) is 9.36. The summed E-state index contributed by atoms with van der Waals surface area (Å²) < 4.78 is 38.9. The Morgan fingerprint density at radius 2 is 1.83 bits per heavy atom. The van der Waals surface area contributed by atoms with Crippen molar-refractivity contribution >= 4 is 26.9 Å². The topological polar surface area (TPSA) is 130 Å². The largest absolute Gasteiger partial charge is 0.381 e. The second-order valence-corrected chi connectivity index (χ2v) is 11.4. The average molecular weight is 511 g/mol. The molecule has 1 N–H and O–H groups in total. The van der Waals surface area contributed by atoms with Gasteiger partial charge in [0.2, 0.25) is 16.0 Å². The van der Waals surface area contributed by atoms with E-state index in [2.05, 4.69) is 30.0 Å². The lowest BCUT2D eigenvalue weighted by molar-refractivity contribution is 0.0704. The highest BCUT2D eigenvalue weighted by molar-refractivity contribution is 7.93. The molecule has 0 amide bonds. The Kier molecular flexibility index (Phi) is 6.47. The number of hydrogen-bond donors (Lipinski definition) is 1. The van der Waals surface area contributed by atoms with Crippen LogP contribution < -0.4 is 4.72 Å². The number of fused-ring (bicyclic) bond motifs is 1. The molecule has 0 spiro atoms. The van der Waals surface area contributed by atoms with Crippen molar-refractivity contribution in [2.75, 3.05) is 17.9 Å². The molecule has 2 atom stereocenters. The van der Waals surface area contributed by atoms with Crippen LogP contribution in [0.25, 0.3) is 22.3 Å². The van der Waals surface area contributed by atoms with Gasteiger partial charge in [0.1, 0.15) is 5.82 Å². The first-order chi connectivity index (χ1) is 17.2. The van der Waals surface area contributed by atoms with Gasteiger partial charge in [-0.3, -0.25) is 14.0 Å². The highest BCUT2D eigenvalue weighted by atomic mass is 32.2. The Morgan fingerprint density at radius 1 is 1.11 bits per heavy atom. The summed E-state index contributed by atoms with van der Waals surface area (Å²) in [6.07, 6.45) is 6.78. The van der Waals surface area contributed by atoms with E-state index < -0.39 is 21.2 Å². The average Bonchev–Trinajstić information content (AvgIpc) is 3.46. The number of sulfonamides is 1. The van der Waals surface area contributed by atoms with E-state index in [-0.39, 0.29) is 12.0 Å². The molecule has 5 rings (SSSR count). The summed E-state index contributed by atoms with van der Waals surface area (Å²) >= 11 is 0. The fourth-order valence-electron chi connectivity index (χ4n) is 4.53. The van der Waals surface area contributed by atoms with Gasteiger partial charge >= 0.3 is 0 Å². The molecule has 3 aromatic heterocycles. The number of ether oxygens (including phenoxy) is 1. The van der Waals surface area contributed by atoms with Crippen molar-refractivity contribution in [3.8, 4) is 11.4 Å². The van der Waals surface area contributed by atoms with Gasteiger partial charge in [0, 0.05) is 61.8 Å². The van der Waals surface area contributed by atoms with Crippen molar-refractivity contribution in [2.45, 2.75) is 50.8 Å². The van der Waals surface area contributed by atoms with Crippen molar-refractivity contribution in [3.05, 3.63) is 48.2 Å². The van der Waals surface area contributed by atoms with Gasteiger partial charge in [0.05, 0.1) is 10.8 Å². The van der Waals surface area contributed by atoms with Crippen molar-refractivity contribution in [3.63, 3.8) is 0 Å². The summed E-state index contributed by atoms with van der Waals surface area (Å²) in [5.74, 6) is 0.849. The van der Waals surface area contributed by atoms with Crippen LogP contribution in [0.1, 0.15) is 50.0 Å². The van der Waals surface area contributed by atoms with E-state index in [1.165, 1.54) is 0 Å². The quantitative estimate of drug-likeness (QED) is 0.401. The Hall–Kier alpha value is -3.38. The van der Waals surface area contributed by atoms with Crippen molar-refractivity contribution in [1.82, 2.24) is 34.5 Å². The molecule has 0 radical (unpaired) electrons. The Bertz CT molecular complexity index is 1470. The van der Waals surface area contributed by atoms with Gasteiger partial charge < -0.3 is 4.74 Å². The maximum atomic E-state index is 13.5. The highest BCUT2D eigenvalue weighted by Crippen LogP contribution is 2.35. The van der Waals surface area contributed by atoms with Crippen LogP contribution in [-0.4, -0.2) is 61.4 Å². The molecule has 4 aromatic rings. The van der Waals surface area contributed by atoms with E-state index in [4.69, 9.17) is 4.74 Å². The van der Waals surface area contributed by atoms with Crippen LogP contribution in [-0.2, 0) is 21.8 Å². The van der Waals surface area contributed by atoms with E-state index >= 15 is 0 Å². The van der Waals surface area contributed by atoms with E-state index in [9.17, 15) is 8.42 Å². The minimum Gasteiger partial charge on any atom is -0.381 e. The minimum atomic E-state index is -3.84. The SMILES string of the molecule is Cc1cnc([C@@H](C)[C@H](C)S(=O)(=O)Nc2nnc(-c3cccc4nn(C)cc34)n2C2CCOCC2)nc1. The maximum absolute atomic E-state index is 13.5. The molecule has 11 nitrogen and oxygen atoms in total. The molecule has 36 heavy (non-hydrogen) atoms. The van der Waals surface area contributed by atoms with Gasteiger partial charge in [0.25, 0.3) is 0 Å². The lowest BCUT2D eigenvalue weighted by atomic mass is 10.1. The number of anilines is 1. The first-order valence-corrected chi connectivity index (χ1v) is 13.5. The van der Waals surface area contributed by atoms with E-state index in [0.29, 0.717) is 24.9 Å². The number of benzene rings is 1. The molecule has 1 aliphatic heterocycles. The third-order valence-electron chi connectivity index (χ3n) is 6.79. The number of hydrogen-bond acceptors (Lipinski definition) is 8. The fourth-order valence-corrected chi connectivity index (χ4v) is 5.77. The van der Waals surface area contributed by atoms with Gasteiger partial charge in [-0.1, -0.05) is 19.1 Å². The summed E-state index contributed by atoms with van der Waals surface area (Å²) in [7, 11) is -1.97. The highest BCUT2D eigenvalue weighted by Gasteiger charge is 2.33. The van der Waals surface area contributed by atoms with Gasteiger partial charge in [0.15, 0.2) is 5.82 Å². The number of nitrogens with one attached hydrogen (secondary N) is 1. The normalized spacial score (nSPS) is 16.8. The molecule has 190 valence electrons. The number of aromatic nitrogens is 7. The van der Waals surface area contributed by atoms with Crippen LogP contribution >= 0.6 is 0 Å². The molecule has 0 aliphatic carbocycles. The summed E-state index contributed by atoms with van der Waals surface area (Å²) in [6, 6.07) is 5.81. The van der Waals surface area contributed by atoms with Crippen LogP contribution in [0.5, 0.6) is 0 Å². The first-order valence-electron chi connectivity index (χ1n) is 12.0. The number of aryl methyl sites for hydroxylation is 2. The van der Waals surface area contributed by atoms with Crippen molar-refractivity contribution in [1.29, 1.82) is 0 Å². The third kappa shape index (κ3) is 4.58. The number of rotatable bonds is 7. The Morgan fingerprint density at radius 3 is 2.56 bits per heavy atom. The van der Waals surface area contributed by atoms with E-state index in [1.807, 2.05) is 49.9 Å². The Labute approximate surface area is 210 Å². The van der Waals surface area contributed by atoms with Crippen LogP contribution in [0.2, 0.25) is 0 Å². The van der Waals surface area contributed by atoms with Crippen LogP contribution in [0, 0.1) is 6.92 Å². The molecule has 0 unspecified atom stereocenters.